The second-order valence-corrected chi connectivity index (χ2v) is 8.53. The molecule has 0 spiro atoms. The van der Waals surface area contributed by atoms with Crippen LogP contribution in [0.5, 0.6) is 0 Å². The first-order chi connectivity index (χ1) is 15.7. The van der Waals surface area contributed by atoms with Gasteiger partial charge >= 0.3 is 11.9 Å². The molecule has 0 radical (unpaired) electrons. The molecule has 172 valence electrons. The number of carbonyl (C=O) groups excluding carboxylic acids is 3. The molecule has 2 aliphatic rings. The lowest BCUT2D eigenvalue weighted by Crippen LogP contribution is -2.58. The van der Waals surface area contributed by atoms with E-state index in [2.05, 4.69) is 10.1 Å². The number of imide groups is 1. The third kappa shape index (κ3) is 3.40. The highest BCUT2D eigenvalue weighted by atomic mass is 35.5. The number of hydrogen-bond acceptors (Lipinski definition) is 7. The van der Waals surface area contributed by atoms with Gasteiger partial charge in [0.15, 0.2) is 5.54 Å². The third-order valence-electron chi connectivity index (χ3n) is 6.39. The molecule has 0 saturated carbocycles. The summed E-state index contributed by atoms with van der Waals surface area (Å²) in [5.41, 5.74) is -0.328. The quantitative estimate of drug-likeness (QED) is 0.442. The van der Waals surface area contributed by atoms with E-state index in [0.717, 1.165) is 10.5 Å². The van der Waals surface area contributed by atoms with Gasteiger partial charge in [0.2, 0.25) is 11.8 Å². The van der Waals surface area contributed by atoms with E-state index in [1.165, 1.54) is 25.3 Å². The minimum atomic E-state index is -2.06. The molecule has 9 nitrogen and oxygen atoms in total. The zero-order valence-electron chi connectivity index (χ0n) is 17.7. The van der Waals surface area contributed by atoms with Gasteiger partial charge in [-0.2, -0.15) is 0 Å². The Morgan fingerprint density at radius 3 is 2.36 bits per heavy atom. The Bertz CT molecular complexity index is 1170. The number of carboxylic acid groups (broad SMARTS) is 1. The molecule has 10 heteroatoms. The van der Waals surface area contributed by atoms with Crippen molar-refractivity contribution < 1.29 is 34.1 Å². The molecule has 2 heterocycles. The second kappa shape index (κ2) is 8.26. The minimum Gasteiger partial charge on any atom is -0.480 e. The van der Waals surface area contributed by atoms with Gasteiger partial charge in [-0.25, -0.2) is 9.69 Å². The fourth-order valence-electron chi connectivity index (χ4n) is 4.62. The summed E-state index contributed by atoms with van der Waals surface area (Å²) in [6, 6.07) is 9.87. The van der Waals surface area contributed by atoms with E-state index in [0.29, 0.717) is 10.6 Å². The van der Waals surface area contributed by atoms with Crippen molar-refractivity contribution in [2.24, 2.45) is 11.8 Å². The van der Waals surface area contributed by atoms with Crippen molar-refractivity contribution in [1.82, 2.24) is 5.32 Å². The largest absolute Gasteiger partial charge is 0.480 e. The average molecular weight is 473 g/mol. The van der Waals surface area contributed by atoms with Crippen LogP contribution in [0.4, 0.5) is 5.69 Å². The Morgan fingerprint density at radius 2 is 1.82 bits per heavy atom. The molecule has 2 saturated heterocycles. The highest BCUT2D eigenvalue weighted by molar-refractivity contribution is 6.32. The fourth-order valence-corrected chi connectivity index (χ4v) is 4.79. The maximum Gasteiger partial charge on any atom is 0.337 e. The molecule has 2 aromatic rings. The molecule has 4 unspecified atom stereocenters. The molecular weight excluding hydrogens is 452 g/mol. The standard InChI is InChI=1S/C23H21ClN2O7/c1-11-3-8-14(9-15(11)24)26-19(28)16-17(20(26)29)23(10-27,22(31)32)25-18(16)12-4-6-13(7-5-12)21(30)33-2/h3-9,16-18,25,27H,10H2,1-2H3,(H,31,32). The van der Waals surface area contributed by atoms with Crippen LogP contribution in [0.1, 0.15) is 27.5 Å². The van der Waals surface area contributed by atoms with E-state index in [-0.39, 0.29) is 11.3 Å². The Labute approximate surface area is 193 Å². The Morgan fingerprint density at radius 1 is 1.15 bits per heavy atom. The fraction of sp³-hybridized carbons (Fsp3) is 0.304. The van der Waals surface area contributed by atoms with E-state index in [9.17, 15) is 29.4 Å². The summed E-state index contributed by atoms with van der Waals surface area (Å²) in [7, 11) is 1.25. The molecule has 2 aromatic carbocycles. The maximum atomic E-state index is 13.5. The molecule has 3 N–H and O–H groups in total. The van der Waals surface area contributed by atoms with Crippen LogP contribution >= 0.6 is 11.6 Å². The first kappa shape index (κ1) is 22.9. The van der Waals surface area contributed by atoms with Crippen molar-refractivity contribution in [3.05, 3.63) is 64.2 Å². The maximum absolute atomic E-state index is 13.5. The Kier molecular flexibility index (Phi) is 5.73. The van der Waals surface area contributed by atoms with E-state index < -0.39 is 53.8 Å². The Hall–Kier alpha value is -3.27. The van der Waals surface area contributed by atoms with Crippen LogP contribution in [0.15, 0.2) is 42.5 Å². The summed E-state index contributed by atoms with van der Waals surface area (Å²) in [5, 5.41) is 23.2. The highest BCUT2D eigenvalue weighted by Crippen LogP contribution is 2.50. The van der Waals surface area contributed by atoms with Crippen molar-refractivity contribution in [1.29, 1.82) is 0 Å². The predicted molar refractivity (Wildman–Crippen MR) is 117 cm³/mol. The molecule has 2 aliphatic heterocycles. The van der Waals surface area contributed by atoms with Gasteiger partial charge in [0.05, 0.1) is 36.8 Å². The summed E-state index contributed by atoms with van der Waals surface area (Å²) in [6.07, 6.45) is 0. The molecular formula is C23H21ClN2O7. The summed E-state index contributed by atoms with van der Waals surface area (Å²) < 4.78 is 4.68. The zero-order chi connectivity index (χ0) is 24.1. The molecule has 33 heavy (non-hydrogen) atoms. The van der Waals surface area contributed by atoms with E-state index in [4.69, 9.17) is 11.6 Å². The van der Waals surface area contributed by atoms with Gasteiger partial charge in [-0.3, -0.25) is 19.7 Å². The van der Waals surface area contributed by atoms with Crippen LogP contribution in [-0.4, -0.2) is 53.2 Å². The van der Waals surface area contributed by atoms with E-state index in [1.807, 2.05) is 0 Å². The molecule has 4 rings (SSSR count). The number of aliphatic hydroxyl groups excluding tert-OH is 1. The highest BCUT2D eigenvalue weighted by Gasteiger charge is 2.68. The van der Waals surface area contributed by atoms with Gasteiger partial charge < -0.3 is 14.9 Å². The summed E-state index contributed by atoms with van der Waals surface area (Å²) in [4.78, 5) is 51.9. The van der Waals surface area contributed by atoms with E-state index >= 15 is 0 Å². The van der Waals surface area contributed by atoms with Crippen LogP contribution in [0.3, 0.4) is 0 Å². The van der Waals surface area contributed by atoms with Gasteiger partial charge in [0.1, 0.15) is 0 Å². The third-order valence-corrected chi connectivity index (χ3v) is 6.80. The van der Waals surface area contributed by atoms with Crippen LogP contribution in [0.25, 0.3) is 0 Å². The number of ether oxygens (including phenoxy) is 1. The molecule has 2 fully saturated rings. The summed E-state index contributed by atoms with van der Waals surface area (Å²) in [5.74, 6) is -5.77. The van der Waals surface area contributed by atoms with Gasteiger partial charge in [-0.05, 0) is 42.3 Å². The number of aliphatic carboxylic acids is 1. The Balaban J connectivity index is 1.80. The predicted octanol–water partition coefficient (Wildman–Crippen LogP) is 1.70. The number of amides is 2. The van der Waals surface area contributed by atoms with Crippen LogP contribution in [0.2, 0.25) is 5.02 Å². The van der Waals surface area contributed by atoms with Crippen molar-refractivity contribution in [2.45, 2.75) is 18.5 Å². The number of halogens is 1. The van der Waals surface area contributed by atoms with Gasteiger partial charge in [-0.1, -0.05) is 29.8 Å². The number of benzene rings is 2. The number of aliphatic hydroxyl groups is 1. The SMILES string of the molecule is COC(=O)c1ccc(C2NC(CO)(C(=O)O)C3C(=O)N(c4ccc(C)c(Cl)c4)C(=O)C23)cc1. The summed E-state index contributed by atoms with van der Waals surface area (Å²) >= 11 is 6.19. The number of anilines is 1. The topological polar surface area (TPSA) is 133 Å². The number of esters is 1. The number of hydrogen-bond donors (Lipinski definition) is 3. The number of nitrogens with zero attached hydrogens (tertiary/aromatic N) is 1. The number of methoxy groups -OCH3 is 1. The number of aryl methyl sites for hydroxylation is 1. The average Bonchev–Trinajstić information content (AvgIpc) is 3.29. The van der Waals surface area contributed by atoms with Crippen molar-refractivity contribution in [3.8, 4) is 0 Å². The molecule has 2 amide bonds. The number of fused-ring (bicyclic) bond motifs is 1. The normalized spacial score (nSPS) is 26.4. The molecule has 0 aliphatic carbocycles. The van der Waals surface area contributed by atoms with Gasteiger partial charge in [-0.15, -0.1) is 0 Å². The zero-order valence-corrected chi connectivity index (χ0v) is 18.5. The number of nitrogens with one attached hydrogen (secondary N) is 1. The monoisotopic (exact) mass is 472 g/mol. The lowest BCUT2D eigenvalue weighted by molar-refractivity contribution is -0.150. The summed E-state index contributed by atoms with van der Waals surface area (Å²) in [6.45, 7) is 0.870. The van der Waals surface area contributed by atoms with Crippen LogP contribution in [0, 0.1) is 18.8 Å². The van der Waals surface area contributed by atoms with E-state index in [1.54, 1.807) is 31.2 Å². The molecule has 4 atom stereocenters. The van der Waals surface area contributed by atoms with Gasteiger partial charge in [0, 0.05) is 11.1 Å². The minimum absolute atomic E-state index is 0.229. The smallest absolute Gasteiger partial charge is 0.337 e. The lowest BCUT2D eigenvalue weighted by Gasteiger charge is -2.29. The van der Waals surface area contributed by atoms with Crippen molar-refractivity contribution in [2.75, 3.05) is 18.6 Å². The molecule has 0 bridgehead atoms. The van der Waals surface area contributed by atoms with Crippen LogP contribution in [-0.2, 0) is 19.1 Å². The number of rotatable bonds is 5. The first-order valence-electron chi connectivity index (χ1n) is 10.1. The van der Waals surface area contributed by atoms with Crippen molar-refractivity contribution >= 4 is 41.0 Å². The lowest BCUT2D eigenvalue weighted by atomic mass is 9.79. The number of carboxylic acids is 1. The van der Waals surface area contributed by atoms with Crippen molar-refractivity contribution in [3.63, 3.8) is 0 Å². The molecule has 0 aromatic heterocycles. The van der Waals surface area contributed by atoms with Crippen LogP contribution < -0.4 is 10.2 Å². The van der Waals surface area contributed by atoms with Gasteiger partial charge in [0.25, 0.3) is 0 Å². The first-order valence-corrected chi connectivity index (χ1v) is 10.5. The second-order valence-electron chi connectivity index (χ2n) is 8.12. The number of carbonyl (C=O) groups is 4.